The maximum absolute atomic E-state index is 8.52. The average molecular weight is 255 g/mol. The van der Waals surface area contributed by atoms with Crippen LogP contribution in [0.3, 0.4) is 0 Å². The van der Waals surface area contributed by atoms with Crippen molar-refractivity contribution in [3.63, 3.8) is 0 Å². The minimum Gasteiger partial charge on any atom is -0.409 e. The van der Waals surface area contributed by atoms with Crippen LogP contribution in [-0.2, 0) is 4.74 Å². The molecule has 0 radical (unpaired) electrons. The van der Waals surface area contributed by atoms with Crippen molar-refractivity contribution in [1.82, 2.24) is 0 Å². The summed E-state index contributed by atoms with van der Waals surface area (Å²) in [6.45, 7) is 0.642. The maximum atomic E-state index is 8.52. The summed E-state index contributed by atoms with van der Waals surface area (Å²) in [6.07, 6.45) is 1.54. The summed E-state index contributed by atoms with van der Waals surface area (Å²) in [5, 5.41) is 12.2. The van der Waals surface area contributed by atoms with Crippen LogP contribution in [0, 0.1) is 5.92 Å². The first-order valence-corrected chi connectivity index (χ1v) is 5.90. The predicted molar refractivity (Wildman–Crippen MR) is 66.3 cm³/mol. The topological polar surface area (TPSA) is 67.8 Å². The normalized spacial score (nSPS) is 25.1. The summed E-state index contributed by atoms with van der Waals surface area (Å²) >= 11 is 5.83. The van der Waals surface area contributed by atoms with Crippen molar-refractivity contribution in [3.05, 3.63) is 34.9 Å². The molecule has 92 valence electrons. The molecule has 4 nitrogen and oxygen atoms in total. The van der Waals surface area contributed by atoms with E-state index in [9.17, 15) is 0 Å². The van der Waals surface area contributed by atoms with Gasteiger partial charge < -0.3 is 15.7 Å². The van der Waals surface area contributed by atoms with Crippen LogP contribution in [0.2, 0.25) is 5.02 Å². The van der Waals surface area contributed by atoms with Crippen LogP contribution >= 0.6 is 11.6 Å². The van der Waals surface area contributed by atoms with Crippen LogP contribution in [0.5, 0.6) is 0 Å². The van der Waals surface area contributed by atoms with Crippen molar-refractivity contribution in [3.8, 4) is 0 Å². The highest BCUT2D eigenvalue weighted by Crippen LogP contribution is 2.34. The molecule has 0 amide bonds. The Morgan fingerprint density at radius 1 is 1.47 bits per heavy atom. The molecule has 3 N–H and O–H groups in total. The molecule has 1 aromatic carbocycles. The van der Waals surface area contributed by atoms with E-state index in [1.807, 2.05) is 24.3 Å². The highest BCUT2D eigenvalue weighted by molar-refractivity contribution is 6.30. The van der Waals surface area contributed by atoms with E-state index in [0.717, 1.165) is 17.0 Å². The van der Waals surface area contributed by atoms with E-state index < -0.39 is 0 Å². The SMILES string of the molecule is N/C(CC1CO[C@@H](c2ccc(Cl)cc2)C1)=N\O. The molecule has 17 heavy (non-hydrogen) atoms. The van der Waals surface area contributed by atoms with E-state index in [4.69, 9.17) is 27.3 Å². The molecule has 5 heteroatoms. The zero-order valence-corrected chi connectivity index (χ0v) is 10.1. The number of benzene rings is 1. The molecular formula is C12H15ClN2O2. The molecule has 1 heterocycles. The van der Waals surface area contributed by atoms with Gasteiger partial charge in [-0.3, -0.25) is 0 Å². The van der Waals surface area contributed by atoms with Gasteiger partial charge in [0.25, 0.3) is 0 Å². The molecule has 1 aliphatic heterocycles. The van der Waals surface area contributed by atoms with E-state index in [1.54, 1.807) is 0 Å². The smallest absolute Gasteiger partial charge is 0.139 e. The van der Waals surface area contributed by atoms with E-state index in [1.165, 1.54) is 0 Å². The van der Waals surface area contributed by atoms with E-state index in [2.05, 4.69) is 5.16 Å². The second kappa shape index (κ2) is 5.38. The Kier molecular flexibility index (Phi) is 3.86. The fraction of sp³-hybridized carbons (Fsp3) is 0.417. The molecule has 1 aromatic rings. The number of rotatable bonds is 3. The van der Waals surface area contributed by atoms with Gasteiger partial charge in [-0.15, -0.1) is 0 Å². The highest BCUT2D eigenvalue weighted by Gasteiger charge is 2.27. The number of halogens is 1. The van der Waals surface area contributed by atoms with Gasteiger partial charge in [0.05, 0.1) is 12.7 Å². The number of amidine groups is 1. The van der Waals surface area contributed by atoms with E-state index >= 15 is 0 Å². The number of ether oxygens (including phenoxy) is 1. The monoisotopic (exact) mass is 254 g/mol. The molecule has 1 saturated heterocycles. The Hall–Kier alpha value is -1.26. The number of nitrogens with zero attached hydrogens (tertiary/aromatic N) is 1. The second-order valence-corrected chi connectivity index (χ2v) is 4.71. The molecule has 1 aliphatic rings. The number of oxime groups is 1. The zero-order valence-electron chi connectivity index (χ0n) is 9.34. The fourth-order valence-corrected chi connectivity index (χ4v) is 2.21. The minimum absolute atomic E-state index is 0.0868. The lowest BCUT2D eigenvalue weighted by Crippen LogP contribution is -2.17. The fourth-order valence-electron chi connectivity index (χ4n) is 2.08. The third-order valence-electron chi connectivity index (χ3n) is 2.95. The van der Waals surface area contributed by atoms with E-state index in [-0.39, 0.29) is 11.9 Å². The molecule has 0 saturated carbocycles. The molecule has 0 aromatic heterocycles. The Labute approximate surface area is 105 Å². The lowest BCUT2D eigenvalue weighted by Gasteiger charge is -2.09. The molecule has 2 rings (SSSR count). The summed E-state index contributed by atoms with van der Waals surface area (Å²) in [7, 11) is 0. The van der Waals surface area contributed by atoms with Gasteiger partial charge in [0, 0.05) is 11.4 Å². The van der Waals surface area contributed by atoms with E-state index in [0.29, 0.717) is 18.9 Å². The summed E-state index contributed by atoms with van der Waals surface area (Å²) in [5.74, 6) is 0.571. The van der Waals surface area contributed by atoms with Crippen LogP contribution in [0.1, 0.15) is 24.5 Å². The number of nitrogens with two attached hydrogens (primary N) is 1. The van der Waals surface area contributed by atoms with Crippen LogP contribution in [0.25, 0.3) is 0 Å². The van der Waals surface area contributed by atoms with Crippen molar-refractivity contribution in [2.45, 2.75) is 18.9 Å². The van der Waals surface area contributed by atoms with Gasteiger partial charge in [0.2, 0.25) is 0 Å². The van der Waals surface area contributed by atoms with Gasteiger partial charge in [-0.1, -0.05) is 28.9 Å². The summed E-state index contributed by atoms with van der Waals surface area (Å²) in [5.41, 5.74) is 6.61. The van der Waals surface area contributed by atoms with Crippen LogP contribution in [-0.4, -0.2) is 17.6 Å². The largest absolute Gasteiger partial charge is 0.409 e. The number of hydrogen-bond acceptors (Lipinski definition) is 3. The molecule has 1 unspecified atom stereocenters. The van der Waals surface area contributed by atoms with Crippen molar-refractivity contribution < 1.29 is 9.94 Å². The molecule has 0 spiro atoms. The molecule has 1 fully saturated rings. The first-order valence-electron chi connectivity index (χ1n) is 5.52. The standard InChI is InChI=1S/C12H15ClN2O2/c13-10-3-1-9(2-4-10)11-5-8(7-17-11)6-12(14)15-16/h1-4,8,11,16H,5-7H2,(H2,14,15)/t8?,11-/m1/s1. The minimum atomic E-state index is 0.0868. The Morgan fingerprint density at radius 3 is 2.82 bits per heavy atom. The third-order valence-corrected chi connectivity index (χ3v) is 3.20. The van der Waals surface area contributed by atoms with Gasteiger partial charge in [-0.05, 0) is 30.0 Å². The summed E-state index contributed by atoms with van der Waals surface area (Å²) in [4.78, 5) is 0. The lowest BCUT2D eigenvalue weighted by molar-refractivity contribution is 0.107. The molecule has 0 aliphatic carbocycles. The van der Waals surface area contributed by atoms with Crippen molar-refractivity contribution in [2.24, 2.45) is 16.8 Å². The van der Waals surface area contributed by atoms with Gasteiger partial charge in [0.15, 0.2) is 0 Å². The zero-order chi connectivity index (χ0) is 12.3. The Morgan fingerprint density at radius 2 is 2.18 bits per heavy atom. The van der Waals surface area contributed by atoms with Crippen molar-refractivity contribution >= 4 is 17.4 Å². The van der Waals surface area contributed by atoms with Crippen molar-refractivity contribution in [2.75, 3.05) is 6.61 Å². The number of hydrogen-bond donors (Lipinski definition) is 2. The van der Waals surface area contributed by atoms with Crippen LogP contribution in [0.15, 0.2) is 29.4 Å². The molecular weight excluding hydrogens is 240 g/mol. The average Bonchev–Trinajstić information content (AvgIpc) is 2.78. The van der Waals surface area contributed by atoms with Gasteiger partial charge in [-0.2, -0.15) is 0 Å². The van der Waals surface area contributed by atoms with Gasteiger partial charge in [-0.25, -0.2) is 0 Å². The van der Waals surface area contributed by atoms with Gasteiger partial charge >= 0.3 is 0 Å². The Balaban J connectivity index is 1.95. The predicted octanol–water partition coefficient (Wildman–Crippen LogP) is 2.55. The van der Waals surface area contributed by atoms with Crippen LogP contribution in [0.4, 0.5) is 0 Å². The van der Waals surface area contributed by atoms with Gasteiger partial charge in [0.1, 0.15) is 5.84 Å². The molecule has 2 atom stereocenters. The summed E-state index contributed by atoms with van der Waals surface area (Å²) < 4.78 is 5.70. The second-order valence-electron chi connectivity index (χ2n) is 4.27. The quantitative estimate of drug-likeness (QED) is 0.377. The van der Waals surface area contributed by atoms with Crippen molar-refractivity contribution in [1.29, 1.82) is 0 Å². The third kappa shape index (κ3) is 3.11. The molecule has 0 bridgehead atoms. The Bertz CT molecular complexity index is 405. The maximum Gasteiger partial charge on any atom is 0.139 e. The first-order chi connectivity index (χ1) is 8.19. The van der Waals surface area contributed by atoms with Crippen LogP contribution < -0.4 is 5.73 Å². The summed E-state index contributed by atoms with van der Waals surface area (Å²) in [6, 6.07) is 7.66. The first kappa shape index (κ1) is 12.2. The lowest BCUT2D eigenvalue weighted by atomic mass is 9.98. The highest BCUT2D eigenvalue weighted by atomic mass is 35.5.